The molecule has 0 spiro atoms. The number of hydrogen-bond acceptors (Lipinski definition) is 4. The molecule has 0 aliphatic rings. The summed E-state index contributed by atoms with van der Waals surface area (Å²) in [6, 6.07) is 13.9. The van der Waals surface area contributed by atoms with Crippen LogP contribution in [0.2, 0.25) is 0 Å². The number of benzene rings is 2. The molecule has 1 aromatic heterocycles. The van der Waals surface area contributed by atoms with Gasteiger partial charge in [-0.15, -0.1) is 0 Å². The third-order valence-corrected chi connectivity index (χ3v) is 5.16. The standard InChI is InChI=1S/C20H20F2N4O2S/c1-13-7-9-14(10-8-13)23-17(27)11-25(2)18(28)12-29-20-24-15-5-3-4-6-16(15)26(20)19(21)22/h3-10,19H,11-12H2,1-2H3,(H,23,27). The predicted octanol–water partition coefficient (Wildman–Crippen LogP) is 3.93. The molecule has 3 aromatic rings. The van der Waals surface area contributed by atoms with Gasteiger partial charge >= 0.3 is 6.55 Å². The monoisotopic (exact) mass is 418 g/mol. The van der Waals surface area contributed by atoms with Crippen molar-refractivity contribution in [1.82, 2.24) is 14.5 Å². The molecule has 152 valence electrons. The zero-order chi connectivity index (χ0) is 21.0. The van der Waals surface area contributed by atoms with Gasteiger partial charge in [-0.3, -0.25) is 14.2 Å². The van der Waals surface area contributed by atoms with E-state index in [-0.39, 0.29) is 29.3 Å². The first-order chi connectivity index (χ1) is 13.8. The van der Waals surface area contributed by atoms with Crippen LogP contribution >= 0.6 is 11.8 Å². The maximum atomic E-state index is 13.4. The molecule has 29 heavy (non-hydrogen) atoms. The fourth-order valence-corrected chi connectivity index (χ4v) is 3.64. The van der Waals surface area contributed by atoms with Crippen molar-refractivity contribution < 1.29 is 18.4 Å². The van der Waals surface area contributed by atoms with Gasteiger partial charge < -0.3 is 10.2 Å². The minimum Gasteiger partial charge on any atom is -0.336 e. The highest BCUT2D eigenvalue weighted by atomic mass is 32.2. The van der Waals surface area contributed by atoms with Gasteiger partial charge in [0, 0.05) is 12.7 Å². The Bertz CT molecular complexity index is 1020. The number of hydrogen-bond donors (Lipinski definition) is 1. The Morgan fingerprint density at radius 3 is 2.55 bits per heavy atom. The van der Waals surface area contributed by atoms with Crippen LogP contribution in [0.3, 0.4) is 0 Å². The number of halogens is 2. The zero-order valence-corrected chi connectivity index (χ0v) is 16.7. The lowest BCUT2D eigenvalue weighted by atomic mass is 10.2. The number of fused-ring (bicyclic) bond motifs is 1. The number of likely N-dealkylation sites (N-methyl/N-ethyl adjacent to an activating group) is 1. The van der Waals surface area contributed by atoms with Crippen molar-refractivity contribution in [3.63, 3.8) is 0 Å². The number of nitrogens with one attached hydrogen (secondary N) is 1. The largest absolute Gasteiger partial charge is 0.336 e. The van der Waals surface area contributed by atoms with Crippen molar-refractivity contribution in [3.05, 3.63) is 54.1 Å². The number of amides is 2. The highest BCUT2D eigenvalue weighted by Crippen LogP contribution is 2.29. The quantitative estimate of drug-likeness (QED) is 0.591. The van der Waals surface area contributed by atoms with Crippen molar-refractivity contribution in [2.24, 2.45) is 0 Å². The average molecular weight is 418 g/mol. The van der Waals surface area contributed by atoms with Gasteiger partial charge in [0.25, 0.3) is 0 Å². The van der Waals surface area contributed by atoms with Gasteiger partial charge in [-0.05, 0) is 31.2 Å². The van der Waals surface area contributed by atoms with Crippen LogP contribution < -0.4 is 5.32 Å². The Hall–Kier alpha value is -2.94. The summed E-state index contributed by atoms with van der Waals surface area (Å²) < 4.78 is 27.7. The van der Waals surface area contributed by atoms with Gasteiger partial charge in [0.15, 0.2) is 5.16 Å². The molecule has 0 unspecified atom stereocenters. The van der Waals surface area contributed by atoms with Crippen LogP contribution in [0.15, 0.2) is 53.7 Å². The summed E-state index contributed by atoms with van der Waals surface area (Å²) >= 11 is 0.919. The summed E-state index contributed by atoms with van der Waals surface area (Å²) in [6.07, 6.45) is 0. The van der Waals surface area contributed by atoms with Crippen LogP contribution in [0.1, 0.15) is 12.1 Å². The van der Waals surface area contributed by atoms with Crippen LogP contribution in [0.4, 0.5) is 14.5 Å². The molecule has 2 aromatic carbocycles. The topological polar surface area (TPSA) is 67.2 Å². The lowest BCUT2D eigenvalue weighted by Gasteiger charge is -2.17. The highest BCUT2D eigenvalue weighted by Gasteiger charge is 2.20. The normalized spacial score (nSPS) is 11.1. The summed E-state index contributed by atoms with van der Waals surface area (Å²) in [5.74, 6) is -0.805. The second kappa shape index (κ2) is 9.04. The highest BCUT2D eigenvalue weighted by molar-refractivity contribution is 7.99. The van der Waals surface area contributed by atoms with Crippen molar-refractivity contribution in [1.29, 1.82) is 0 Å². The van der Waals surface area contributed by atoms with Gasteiger partial charge in [-0.1, -0.05) is 41.6 Å². The minimum absolute atomic E-state index is 0.0621. The molecule has 0 atom stereocenters. The lowest BCUT2D eigenvalue weighted by Crippen LogP contribution is -2.36. The summed E-state index contributed by atoms with van der Waals surface area (Å²) in [4.78, 5) is 29.9. The van der Waals surface area contributed by atoms with E-state index < -0.39 is 6.55 Å². The average Bonchev–Trinajstić information content (AvgIpc) is 3.06. The van der Waals surface area contributed by atoms with Crippen LogP contribution in [0, 0.1) is 6.92 Å². The number of aromatic nitrogens is 2. The predicted molar refractivity (Wildman–Crippen MR) is 109 cm³/mol. The molecule has 9 heteroatoms. The van der Waals surface area contributed by atoms with E-state index >= 15 is 0 Å². The third kappa shape index (κ3) is 5.11. The van der Waals surface area contributed by atoms with Gasteiger partial charge in [-0.2, -0.15) is 8.78 Å². The molecular formula is C20H20F2N4O2S. The molecule has 1 N–H and O–H groups in total. The molecule has 0 aliphatic carbocycles. The van der Waals surface area contributed by atoms with Crippen LogP contribution in [0.25, 0.3) is 11.0 Å². The number of imidazole rings is 1. The zero-order valence-electron chi connectivity index (χ0n) is 15.9. The number of para-hydroxylation sites is 2. The van der Waals surface area contributed by atoms with Gasteiger partial charge in [0.05, 0.1) is 23.3 Å². The van der Waals surface area contributed by atoms with Gasteiger partial charge in [-0.25, -0.2) is 4.98 Å². The molecule has 0 bridgehead atoms. The summed E-state index contributed by atoms with van der Waals surface area (Å²) in [7, 11) is 1.49. The molecule has 0 saturated heterocycles. The number of nitrogens with zero attached hydrogens (tertiary/aromatic N) is 3. The number of rotatable bonds is 7. The number of aryl methyl sites for hydroxylation is 1. The molecular weight excluding hydrogens is 398 g/mol. The number of thioether (sulfide) groups is 1. The van der Waals surface area contributed by atoms with E-state index in [4.69, 9.17) is 0 Å². The molecule has 0 aliphatic heterocycles. The van der Waals surface area contributed by atoms with Crippen molar-refractivity contribution in [2.45, 2.75) is 18.6 Å². The van der Waals surface area contributed by atoms with Crippen LogP contribution in [-0.4, -0.2) is 45.6 Å². The van der Waals surface area contributed by atoms with E-state index in [0.717, 1.165) is 21.9 Å². The summed E-state index contributed by atoms with van der Waals surface area (Å²) in [5, 5.41) is 2.78. The lowest BCUT2D eigenvalue weighted by molar-refractivity contribution is -0.131. The smallest absolute Gasteiger partial charge is 0.321 e. The molecule has 2 amide bonds. The number of carbonyl (C=O) groups excluding carboxylic acids is 2. The van der Waals surface area contributed by atoms with Gasteiger partial charge in [0.1, 0.15) is 0 Å². The van der Waals surface area contributed by atoms with Crippen molar-refractivity contribution in [2.75, 3.05) is 24.7 Å². The second-order valence-corrected chi connectivity index (χ2v) is 7.43. The SMILES string of the molecule is Cc1ccc(NC(=O)CN(C)C(=O)CSc2nc3ccccc3n2C(F)F)cc1. The van der Waals surface area contributed by atoms with Crippen LogP contribution in [0.5, 0.6) is 0 Å². The Morgan fingerprint density at radius 2 is 1.86 bits per heavy atom. The van der Waals surface area contributed by atoms with Crippen LogP contribution in [-0.2, 0) is 9.59 Å². The molecule has 0 fully saturated rings. The Labute approximate surface area is 170 Å². The molecule has 0 radical (unpaired) electrons. The minimum atomic E-state index is -2.77. The fraction of sp³-hybridized carbons (Fsp3) is 0.250. The van der Waals surface area contributed by atoms with Crippen molar-refractivity contribution in [3.8, 4) is 0 Å². The van der Waals surface area contributed by atoms with E-state index in [1.165, 1.54) is 11.9 Å². The third-order valence-electron chi connectivity index (χ3n) is 4.23. The number of alkyl halides is 2. The van der Waals surface area contributed by atoms with E-state index in [2.05, 4.69) is 10.3 Å². The first kappa shape index (κ1) is 20.8. The van der Waals surface area contributed by atoms with E-state index in [1.54, 1.807) is 36.4 Å². The first-order valence-corrected chi connectivity index (χ1v) is 9.82. The molecule has 3 rings (SSSR count). The van der Waals surface area contributed by atoms with E-state index in [9.17, 15) is 18.4 Å². The molecule has 1 heterocycles. The van der Waals surface area contributed by atoms with E-state index in [1.807, 2.05) is 19.1 Å². The summed E-state index contributed by atoms with van der Waals surface area (Å²) in [5.41, 5.74) is 2.46. The first-order valence-electron chi connectivity index (χ1n) is 8.83. The fourth-order valence-electron chi connectivity index (χ4n) is 2.69. The maximum absolute atomic E-state index is 13.4. The Morgan fingerprint density at radius 1 is 1.17 bits per heavy atom. The molecule has 6 nitrogen and oxygen atoms in total. The summed E-state index contributed by atoms with van der Waals surface area (Å²) in [6.45, 7) is -0.964. The number of carbonyl (C=O) groups is 2. The van der Waals surface area contributed by atoms with E-state index in [0.29, 0.717) is 16.7 Å². The Kier molecular flexibility index (Phi) is 6.48. The maximum Gasteiger partial charge on any atom is 0.321 e. The number of anilines is 1. The Balaban J connectivity index is 1.59. The second-order valence-electron chi connectivity index (χ2n) is 6.48. The van der Waals surface area contributed by atoms with Gasteiger partial charge in [0.2, 0.25) is 11.8 Å². The van der Waals surface area contributed by atoms with Crippen molar-refractivity contribution >= 4 is 40.3 Å². The molecule has 0 saturated carbocycles.